The van der Waals surface area contributed by atoms with Crippen LogP contribution in [0, 0.1) is 0 Å². The third-order valence-corrected chi connectivity index (χ3v) is 1.18. The van der Waals surface area contributed by atoms with E-state index in [4.69, 9.17) is 15.0 Å². The second-order valence-electron chi connectivity index (χ2n) is 2.08. The Morgan fingerprint density at radius 2 is 1.57 bits per heavy atom. The fourth-order valence-corrected chi connectivity index (χ4v) is 0.730. The molecule has 2 N–H and O–H groups in total. The third kappa shape index (κ3) is 16.9. The van der Waals surface area contributed by atoms with E-state index in [-0.39, 0.29) is 18.1 Å². The standard InChI is InChI=1S/C5H7O4P.C2H4O2/c6-4(7)1-3(10)2-5(8)9;1-4-2-3/h10H,1-2H2,(H,6,7)(H,8,9);2H,1H3. The van der Waals surface area contributed by atoms with Crippen molar-refractivity contribution in [1.82, 2.24) is 0 Å². The molecule has 80 valence electrons. The molecule has 0 saturated carbocycles. The van der Waals surface area contributed by atoms with Crippen LogP contribution in [0.1, 0.15) is 12.8 Å². The maximum absolute atomic E-state index is 9.95. The van der Waals surface area contributed by atoms with Gasteiger partial charge in [0.1, 0.15) is 0 Å². The molecule has 6 nitrogen and oxygen atoms in total. The highest BCUT2D eigenvalue weighted by molar-refractivity contribution is 7.21. The first-order valence-electron chi connectivity index (χ1n) is 3.40. The molecule has 0 amide bonds. The lowest BCUT2D eigenvalue weighted by Crippen LogP contribution is -2.08. The summed E-state index contributed by atoms with van der Waals surface area (Å²) in [5, 5.41) is 16.6. The summed E-state index contributed by atoms with van der Waals surface area (Å²) in [5.41, 5.74) is 0. The normalized spacial score (nSPS) is 7.79. The lowest BCUT2D eigenvalue weighted by Gasteiger charge is -1.94. The van der Waals surface area contributed by atoms with Gasteiger partial charge in [-0.05, 0) is 5.29 Å². The van der Waals surface area contributed by atoms with Crippen molar-refractivity contribution in [1.29, 1.82) is 0 Å². The summed E-state index contributed by atoms with van der Waals surface area (Å²) in [5.74, 6) is -2.07. The van der Waals surface area contributed by atoms with Gasteiger partial charge in [0.05, 0.1) is 20.0 Å². The van der Waals surface area contributed by atoms with Gasteiger partial charge in [0, 0.05) is 0 Å². The van der Waals surface area contributed by atoms with E-state index in [1.807, 2.05) is 0 Å². The molecule has 0 spiro atoms. The van der Waals surface area contributed by atoms with Gasteiger partial charge in [0.2, 0.25) is 0 Å². The summed E-state index contributed by atoms with van der Waals surface area (Å²) in [7, 11) is 4.20. The number of carbonyl (C=O) groups excluding carboxylic acids is 1. The van der Waals surface area contributed by atoms with E-state index in [2.05, 4.69) is 13.6 Å². The van der Waals surface area contributed by atoms with Crippen LogP contribution >= 0.6 is 8.86 Å². The van der Waals surface area contributed by atoms with Crippen molar-refractivity contribution in [3.8, 4) is 0 Å². The average molecular weight is 222 g/mol. The van der Waals surface area contributed by atoms with Crippen molar-refractivity contribution >= 4 is 32.6 Å². The Bertz CT molecular complexity index is 206. The second-order valence-corrected chi connectivity index (χ2v) is 2.78. The summed E-state index contributed by atoms with van der Waals surface area (Å²) < 4.78 is 3.86. The molecule has 0 aliphatic rings. The Hall–Kier alpha value is -1.42. The number of hydrogen-bond acceptors (Lipinski definition) is 4. The summed E-state index contributed by atoms with van der Waals surface area (Å²) >= 11 is 0. The lowest BCUT2D eigenvalue weighted by molar-refractivity contribution is -0.135. The van der Waals surface area contributed by atoms with Crippen LogP contribution in [0.2, 0.25) is 0 Å². The number of hydrogen-bond donors (Lipinski definition) is 2. The van der Waals surface area contributed by atoms with Crippen LogP contribution in [-0.4, -0.2) is 41.0 Å². The minimum Gasteiger partial charge on any atom is -0.481 e. The Morgan fingerprint density at radius 1 is 1.29 bits per heavy atom. The molecular formula is C7H11O6P. The molecule has 0 rings (SSSR count). The lowest BCUT2D eigenvalue weighted by atomic mass is 10.2. The molecule has 0 atom stereocenters. The molecule has 14 heavy (non-hydrogen) atoms. The fraction of sp³-hybridized carbons (Fsp3) is 0.429. The average Bonchev–Trinajstić information content (AvgIpc) is 2.01. The first-order chi connectivity index (χ1) is 6.43. The van der Waals surface area contributed by atoms with Crippen molar-refractivity contribution in [2.75, 3.05) is 7.11 Å². The van der Waals surface area contributed by atoms with Crippen LogP contribution in [0.4, 0.5) is 0 Å². The van der Waals surface area contributed by atoms with E-state index in [0.29, 0.717) is 6.47 Å². The Balaban J connectivity index is 0. The maximum atomic E-state index is 9.95. The molecule has 0 fully saturated rings. The van der Waals surface area contributed by atoms with Gasteiger partial charge in [-0.15, -0.1) is 8.86 Å². The quantitative estimate of drug-likeness (QED) is 0.503. The summed E-state index contributed by atoms with van der Waals surface area (Å²) in [6.45, 7) is 0.375. The number of ether oxygens (including phenoxy) is 1. The third-order valence-electron chi connectivity index (χ3n) is 0.825. The number of rotatable bonds is 5. The minimum atomic E-state index is -1.04. The van der Waals surface area contributed by atoms with Gasteiger partial charge in [-0.3, -0.25) is 14.4 Å². The number of aliphatic carboxylic acids is 2. The van der Waals surface area contributed by atoms with Gasteiger partial charge in [-0.2, -0.15) is 0 Å². The topological polar surface area (TPSA) is 101 Å². The zero-order valence-electron chi connectivity index (χ0n) is 7.52. The second kappa shape index (κ2) is 9.67. The molecule has 0 aliphatic heterocycles. The molecule has 0 aliphatic carbocycles. The highest BCUT2D eigenvalue weighted by Gasteiger charge is 2.05. The Morgan fingerprint density at radius 3 is 1.71 bits per heavy atom. The Labute approximate surface area is 82.7 Å². The van der Waals surface area contributed by atoms with E-state index in [0.717, 1.165) is 0 Å². The summed E-state index contributed by atoms with van der Waals surface area (Å²) in [6.07, 6.45) is -0.494. The number of carboxylic acids is 2. The molecule has 0 aromatic rings. The van der Waals surface area contributed by atoms with Crippen LogP contribution in [0.5, 0.6) is 0 Å². The molecule has 0 bridgehead atoms. The number of carbonyl (C=O) groups is 3. The largest absolute Gasteiger partial charge is 0.481 e. The summed E-state index contributed by atoms with van der Waals surface area (Å²) in [4.78, 5) is 28.8. The van der Waals surface area contributed by atoms with Crippen molar-refractivity contribution in [3.05, 3.63) is 0 Å². The highest BCUT2D eigenvalue weighted by atomic mass is 31.0. The van der Waals surface area contributed by atoms with Gasteiger partial charge in [0.15, 0.2) is 0 Å². The first kappa shape index (κ1) is 15.1. The highest BCUT2D eigenvalue weighted by Crippen LogP contribution is 1.94. The fourth-order valence-electron chi connectivity index (χ4n) is 0.428. The van der Waals surface area contributed by atoms with E-state index in [1.54, 1.807) is 0 Å². The molecule has 0 aromatic carbocycles. The molecule has 0 heterocycles. The summed E-state index contributed by atoms with van der Waals surface area (Å²) in [6, 6.07) is 0. The molecular weight excluding hydrogens is 211 g/mol. The van der Waals surface area contributed by atoms with Gasteiger partial charge in [0.25, 0.3) is 6.47 Å². The van der Waals surface area contributed by atoms with Gasteiger partial charge < -0.3 is 14.9 Å². The Kier molecular flexibility index (Phi) is 10.4. The molecule has 7 heteroatoms. The van der Waals surface area contributed by atoms with Gasteiger partial charge in [-0.25, -0.2) is 0 Å². The van der Waals surface area contributed by atoms with Crippen molar-refractivity contribution in [3.63, 3.8) is 0 Å². The predicted molar refractivity (Wildman–Crippen MR) is 50.9 cm³/mol. The maximum Gasteiger partial charge on any atom is 0.307 e. The van der Waals surface area contributed by atoms with Crippen LogP contribution in [-0.2, 0) is 19.1 Å². The monoisotopic (exact) mass is 222 g/mol. The van der Waals surface area contributed by atoms with Crippen molar-refractivity contribution < 1.29 is 29.3 Å². The van der Waals surface area contributed by atoms with E-state index in [1.165, 1.54) is 7.11 Å². The van der Waals surface area contributed by atoms with Crippen molar-refractivity contribution in [2.24, 2.45) is 0 Å². The van der Waals surface area contributed by atoms with Crippen molar-refractivity contribution in [2.45, 2.75) is 12.8 Å². The van der Waals surface area contributed by atoms with Gasteiger partial charge in [-0.1, -0.05) is 0 Å². The molecule has 0 radical (unpaired) electrons. The predicted octanol–water partition coefficient (Wildman–Crippen LogP) is 0.0402. The molecule has 0 saturated heterocycles. The zero-order valence-corrected chi connectivity index (χ0v) is 8.52. The van der Waals surface area contributed by atoms with Crippen LogP contribution < -0.4 is 0 Å². The van der Waals surface area contributed by atoms with E-state index < -0.39 is 11.9 Å². The zero-order chi connectivity index (χ0) is 11.6. The molecule has 0 aromatic heterocycles. The van der Waals surface area contributed by atoms with Crippen LogP contribution in [0.15, 0.2) is 0 Å². The van der Waals surface area contributed by atoms with E-state index >= 15 is 0 Å². The van der Waals surface area contributed by atoms with Crippen LogP contribution in [0.25, 0.3) is 0 Å². The minimum absolute atomic E-state index is 0.247. The first-order valence-corrected chi connectivity index (χ1v) is 3.90. The van der Waals surface area contributed by atoms with Crippen LogP contribution in [0.3, 0.4) is 0 Å². The smallest absolute Gasteiger partial charge is 0.307 e. The van der Waals surface area contributed by atoms with E-state index in [9.17, 15) is 9.59 Å². The SMILES string of the molecule is COC=O.O=C(O)CC(=P)CC(=O)O. The number of carboxylic acid groups (broad SMARTS) is 2. The van der Waals surface area contributed by atoms with Gasteiger partial charge >= 0.3 is 11.9 Å². The number of methoxy groups -OCH3 is 1. The molecule has 0 unspecified atom stereocenters.